The highest BCUT2D eigenvalue weighted by Crippen LogP contribution is 2.18. The lowest BCUT2D eigenvalue weighted by Gasteiger charge is -2.16. The van der Waals surface area contributed by atoms with Crippen LogP contribution in [0.4, 0.5) is 0 Å². The summed E-state index contributed by atoms with van der Waals surface area (Å²) < 4.78 is 27.5. The number of carbonyl (C=O) groups excluding carboxylic acids is 1. The van der Waals surface area contributed by atoms with Crippen LogP contribution in [-0.4, -0.2) is 38.4 Å². The minimum Gasteiger partial charge on any atom is -0.341 e. The minimum absolute atomic E-state index is 0.0155. The van der Waals surface area contributed by atoms with Gasteiger partial charge in [-0.1, -0.05) is 17.7 Å². The predicted molar refractivity (Wildman–Crippen MR) is 76.9 cm³/mol. The molecule has 110 valence electrons. The van der Waals surface area contributed by atoms with Crippen molar-refractivity contribution in [2.24, 2.45) is 0 Å². The lowest BCUT2D eigenvalue weighted by atomic mass is 10.2. The summed E-state index contributed by atoms with van der Waals surface area (Å²) >= 11 is 0. The molecule has 20 heavy (non-hydrogen) atoms. The molecule has 1 aromatic carbocycles. The van der Waals surface area contributed by atoms with Crippen LogP contribution in [0.2, 0.25) is 0 Å². The van der Waals surface area contributed by atoms with Gasteiger partial charge in [0.05, 0.1) is 4.90 Å². The third-order valence-electron chi connectivity index (χ3n) is 3.58. The van der Waals surface area contributed by atoms with E-state index in [0.717, 1.165) is 11.1 Å². The van der Waals surface area contributed by atoms with Crippen molar-refractivity contribution in [2.75, 3.05) is 13.1 Å². The zero-order valence-electron chi connectivity index (χ0n) is 12.0. The molecule has 1 fully saturated rings. The van der Waals surface area contributed by atoms with E-state index in [9.17, 15) is 13.2 Å². The summed E-state index contributed by atoms with van der Waals surface area (Å²) in [5.41, 5.74) is 1.77. The minimum atomic E-state index is -3.53. The third kappa shape index (κ3) is 3.19. The van der Waals surface area contributed by atoms with Crippen molar-refractivity contribution in [3.8, 4) is 0 Å². The SMILES string of the molecule is CC(=O)N1CCC(NS(=O)(=O)c2ccc(C)cc2C)C1. The van der Waals surface area contributed by atoms with Crippen molar-refractivity contribution in [3.05, 3.63) is 29.3 Å². The number of rotatable bonds is 3. The Morgan fingerprint density at radius 3 is 2.60 bits per heavy atom. The number of nitrogens with one attached hydrogen (secondary N) is 1. The van der Waals surface area contributed by atoms with Crippen LogP contribution in [0.3, 0.4) is 0 Å². The summed E-state index contributed by atoms with van der Waals surface area (Å²) in [6.45, 7) is 6.27. The molecule has 1 aromatic rings. The molecular weight excluding hydrogens is 276 g/mol. The molecule has 1 aliphatic heterocycles. The van der Waals surface area contributed by atoms with Crippen LogP contribution in [0.1, 0.15) is 24.5 Å². The van der Waals surface area contributed by atoms with Gasteiger partial charge in [-0.25, -0.2) is 13.1 Å². The Bertz CT molecular complexity index is 625. The number of benzene rings is 1. The van der Waals surface area contributed by atoms with Crippen molar-refractivity contribution >= 4 is 15.9 Å². The number of aryl methyl sites for hydroxylation is 2. The van der Waals surface area contributed by atoms with E-state index in [4.69, 9.17) is 0 Å². The van der Waals surface area contributed by atoms with Gasteiger partial charge in [0.2, 0.25) is 15.9 Å². The number of amides is 1. The Labute approximate surface area is 120 Å². The van der Waals surface area contributed by atoms with Crippen LogP contribution < -0.4 is 4.72 Å². The van der Waals surface area contributed by atoms with Crippen molar-refractivity contribution in [1.82, 2.24) is 9.62 Å². The first-order valence-corrected chi connectivity index (χ1v) is 8.13. The molecule has 5 nitrogen and oxygen atoms in total. The van der Waals surface area contributed by atoms with E-state index in [1.165, 1.54) is 6.92 Å². The normalized spacial score (nSPS) is 19.4. The topological polar surface area (TPSA) is 66.5 Å². The fourth-order valence-electron chi connectivity index (χ4n) is 2.53. The molecule has 0 aliphatic carbocycles. The van der Waals surface area contributed by atoms with Crippen molar-refractivity contribution in [2.45, 2.75) is 38.1 Å². The first-order chi connectivity index (χ1) is 9.29. The first-order valence-electron chi connectivity index (χ1n) is 6.64. The maximum Gasteiger partial charge on any atom is 0.241 e. The second-order valence-corrected chi connectivity index (χ2v) is 7.02. The first kappa shape index (κ1) is 15.0. The molecule has 1 amide bonds. The van der Waals surface area contributed by atoms with Crippen LogP contribution in [0.15, 0.2) is 23.1 Å². The van der Waals surface area contributed by atoms with Gasteiger partial charge in [0.15, 0.2) is 0 Å². The van der Waals surface area contributed by atoms with Crippen LogP contribution >= 0.6 is 0 Å². The lowest BCUT2D eigenvalue weighted by Crippen LogP contribution is -2.38. The van der Waals surface area contributed by atoms with Gasteiger partial charge in [-0.05, 0) is 31.9 Å². The Hall–Kier alpha value is -1.40. The molecule has 1 N–H and O–H groups in total. The van der Waals surface area contributed by atoms with Gasteiger partial charge in [0, 0.05) is 26.1 Å². The second kappa shape index (κ2) is 5.54. The molecule has 2 rings (SSSR count). The number of sulfonamides is 1. The monoisotopic (exact) mass is 296 g/mol. The van der Waals surface area contributed by atoms with Crippen LogP contribution in [-0.2, 0) is 14.8 Å². The lowest BCUT2D eigenvalue weighted by molar-refractivity contribution is -0.127. The molecule has 1 unspecified atom stereocenters. The summed E-state index contributed by atoms with van der Waals surface area (Å²) in [6.07, 6.45) is 0.656. The zero-order chi connectivity index (χ0) is 14.9. The maximum atomic E-state index is 12.4. The van der Waals surface area contributed by atoms with E-state index >= 15 is 0 Å². The van der Waals surface area contributed by atoms with Crippen LogP contribution in [0.5, 0.6) is 0 Å². The smallest absolute Gasteiger partial charge is 0.241 e. The summed E-state index contributed by atoms with van der Waals surface area (Å²) in [5.74, 6) is -0.0155. The molecule has 0 spiro atoms. The number of carbonyl (C=O) groups is 1. The zero-order valence-corrected chi connectivity index (χ0v) is 12.8. The highest BCUT2D eigenvalue weighted by molar-refractivity contribution is 7.89. The largest absolute Gasteiger partial charge is 0.341 e. The average Bonchev–Trinajstić information content (AvgIpc) is 2.76. The predicted octanol–water partition coefficient (Wildman–Crippen LogP) is 1.20. The van der Waals surface area contributed by atoms with Crippen molar-refractivity contribution in [3.63, 3.8) is 0 Å². The van der Waals surface area contributed by atoms with E-state index in [2.05, 4.69) is 4.72 Å². The molecule has 1 heterocycles. The molecule has 0 radical (unpaired) electrons. The van der Waals surface area contributed by atoms with Crippen LogP contribution in [0, 0.1) is 13.8 Å². The summed E-state index contributed by atoms with van der Waals surface area (Å²) in [4.78, 5) is 13.2. The highest BCUT2D eigenvalue weighted by Gasteiger charge is 2.28. The van der Waals surface area contributed by atoms with Gasteiger partial charge in [0.25, 0.3) is 0 Å². The maximum absolute atomic E-state index is 12.4. The Morgan fingerprint density at radius 2 is 2.05 bits per heavy atom. The molecule has 0 aromatic heterocycles. The number of hydrogen-bond donors (Lipinski definition) is 1. The van der Waals surface area contributed by atoms with E-state index < -0.39 is 10.0 Å². The number of nitrogens with zero attached hydrogens (tertiary/aromatic N) is 1. The fraction of sp³-hybridized carbons (Fsp3) is 0.500. The van der Waals surface area contributed by atoms with Gasteiger partial charge in [-0.2, -0.15) is 0 Å². The summed E-state index contributed by atoms with van der Waals surface area (Å²) in [5, 5.41) is 0. The van der Waals surface area contributed by atoms with Crippen LogP contribution in [0.25, 0.3) is 0 Å². The fourth-order valence-corrected chi connectivity index (χ4v) is 4.01. The Morgan fingerprint density at radius 1 is 1.35 bits per heavy atom. The Balaban J connectivity index is 2.14. The number of likely N-dealkylation sites (tertiary alicyclic amines) is 1. The van der Waals surface area contributed by atoms with E-state index in [-0.39, 0.29) is 11.9 Å². The molecule has 0 saturated carbocycles. The molecule has 1 saturated heterocycles. The van der Waals surface area contributed by atoms with E-state index in [0.29, 0.717) is 24.4 Å². The molecule has 1 aliphatic rings. The van der Waals surface area contributed by atoms with Crippen molar-refractivity contribution in [1.29, 1.82) is 0 Å². The highest BCUT2D eigenvalue weighted by atomic mass is 32.2. The van der Waals surface area contributed by atoms with Gasteiger partial charge in [0.1, 0.15) is 0 Å². The van der Waals surface area contributed by atoms with E-state index in [1.54, 1.807) is 24.0 Å². The van der Waals surface area contributed by atoms with Gasteiger partial charge >= 0.3 is 0 Å². The summed E-state index contributed by atoms with van der Waals surface area (Å²) in [7, 11) is -3.53. The molecule has 6 heteroatoms. The van der Waals surface area contributed by atoms with Crippen molar-refractivity contribution < 1.29 is 13.2 Å². The van der Waals surface area contributed by atoms with Gasteiger partial charge in [-0.15, -0.1) is 0 Å². The van der Waals surface area contributed by atoms with Gasteiger partial charge < -0.3 is 4.90 Å². The van der Waals surface area contributed by atoms with E-state index in [1.807, 2.05) is 13.0 Å². The van der Waals surface area contributed by atoms with Gasteiger partial charge in [-0.3, -0.25) is 4.79 Å². The standard InChI is InChI=1S/C14H20N2O3S/c1-10-4-5-14(11(2)8-10)20(18,19)15-13-6-7-16(9-13)12(3)17/h4-5,8,13,15H,6-7,9H2,1-3H3. The third-order valence-corrected chi connectivity index (χ3v) is 5.26. The molecule has 1 atom stereocenters. The molecule has 0 bridgehead atoms. The Kier molecular flexibility index (Phi) is 4.15. The quantitative estimate of drug-likeness (QED) is 0.911. The average molecular weight is 296 g/mol. The number of hydrogen-bond acceptors (Lipinski definition) is 3. The summed E-state index contributed by atoms with van der Waals surface area (Å²) in [6, 6.07) is 5.07. The second-order valence-electron chi connectivity index (χ2n) is 5.34. The molecular formula is C14H20N2O3S.